The zero-order chi connectivity index (χ0) is 34.3. The Balaban J connectivity index is 1.58. The third kappa shape index (κ3) is 8.72. The zero-order valence-electron chi connectivity index (χ0n) is 28.5. The third-order valence-electron chi connectivity index (χ3n) is 9.22. The second-order valence-corrected chi connectivity index (χ2v) is 15.0. The molecule has 0 unspecified atom stereocenters. The van der Waals surface area contributed by atoms with Crippen molar-refractivity contribution in [1.29, 1.82) is 0 Å². The van der Waals surface area contributed by atoms with E-state index in [2.05, 4.69) is 5.32 Å². The van der Waals surface area contributed by atoms with Crippen molar-refractivity contribution in [3.05, 3.63) is 130 Å². The Labute approximate surface area is 286 Å². The normalized spacial score (nSPS) is 14.2. The Morgan fingerprint density at radius 2 is 1.35 bits per heavy atom. The maximum Gasteiger partial charge on any atom is 0.264 e. The van der Waals surface area contributed by atoms with Crippen molar-refractivity contribution in [2.24, 2.45) is 0 Å². The summed E-state index contributed by atoms with van der Waals surface area (Å²) in [6.07, 6.45) is 5.38. The Morgan fingerprint density at radius 3 is 2.00 bits per heavy atom. The summed E-state index contributed by atoms with van der Waals surface area (Å²) in [6.45, 7) is 7.33. The van der Waals surface area contributed by atoms with E-state index in [0.29, 0.717) is 12.1 Å². The largest absolute Gasteiger partial charge is 0.352 e. The number of anilines is 1. The molecule has 1 aliphatic carbocycles. The summed E-state index contributed by atoms with van der Waals surface area (Å²) in [6, 6.07) is 29.0. The molecule has 4 aromatic rings. The molecule has 7 nitrogen and oxygen atoms in total. The number of carbonyl (C=O) groups excluding carboxylic acids is 2. The van der Waals surface area contributed by atoms with Crippen LogP contribution in [0.15, 0.2) is 102 Å². The molecule has 1 atom stereocenters. The summed E-state index contributed by atoms with van der Waals surface area (Å²) in [5.74, 6) is -0.669. The van der Waals surface area contributed by atoms with E-state index >= 15 is 0 Å². The van der Waals surface area contributed by atoms with Crippen molar-refractivity contribution in [1.82, 2.24) is 10.2 Å². The minimum atomic E-state index is -4.16. The number of hydrogen-bond acceptors (Lipinski definition) is 4. The molecule has 1 saturated carbocycles. The van der Waals surface area contributed by atoms with Gasteiger partial charge in [0.15, 0.2) is 0 Å². The predicted molar refractivity (Wildman–Crippen MR) is 192 cm³/mol. The second kappa shape index (κ2) is 15.6. The minimum Gasteiger partial charge on any atom is -0.352 e. The van der Waals surface area contributed by atoms with Gasteiger partial charge >= 0.3 is 0 Å². The molecule has 0 heterocycles. The summed E-state index contributed by atoms with van der Waals surface area (Å²) < 4.78 is 30.0. The van der Waals surface area contributed by atoms with E-state index < -0.39 is 28.5 Å². The molecule has 1 aliphatic rings. The lowest BCUT2D eigenvalue weighted by Crippen LogP contribution is -2.55. The summed E-state index contributed by atoms with van der Waals surface area (Å²) in [5.41, 5.74) is 5.82. The molecule has 2 amide bonds. The van der Waals surface area contributed by atoms with E-state index in [0.717, 1.165) is 65.5 Å². The third-order valence-corrected chi connectivity index (χ3v) is 11.0. The van der Waals surface area contributed by atoms with Gasteiger partial charge < -0.3 is 10.2 Å². The Morgan fingerprint density at radius 1 is 0.750 bits per heavy atom. The smallest absolute Gasteiger partial charge is 0.264 e. The molecule has 252 valence electrons. The van der Waals surface area contributed by atoms with Crippen LogP contribution in [0.2, 0.25) is 0 Å². The van der Waals surface area contributed by atoms with Crippen molar-refractivity contribution in [3.8, 4) is 0 Å². The Kier molecular flexibility index (Phi) is 11.4. The SMILES string of the molecule is Cc1ccc(CN(C(=O)CN(c2cc(C)ccc2C)S(=O)(=O)c2ccc(C)cc2)[C@H](Cc2ccccc2)C(=O)NC2CCCCC2)cc1. The molecule has 48 heavy (non-hydrogen) atoms. The van der Waals surface area contributed by atoms with Crippen LogP contribution in [0.5, 0.6) is 0 Å². The molecule has 0 spiro atoms. The van der Waals surface area contributed by atoms with E-state index in [1.165, 1.54) is 4.31 Å². The second-order valence-electron chi connectivity index (χ2n) is 13.2. The van der Waals surface area contributed by atoms with Crippen LogP contribution < -0.4 is 9.62 Å². The average molecular weight is 666 g/mol. The predicted octanol–water partition coefficient (Wildman–Crippen LogP) is 7.20. The van der Waals surface area contributed by atoms with Crippen LogP contribution in [0.25, 0.3) is 0 Å². The number of aryl methyl sites for hydroxylation is 4. The van der Waals surface area contributed by atoms with Gasteiger partial charge in [-0.1, -0.05) is 109 Å². The standard InChI is InChI=1S/C40H47N3O4S/c1-29-16-21-34(22-17-29)27-42(38(26-33-11-7-5-8-12-33)40(45)41-35-13-9-6-10-14-35)39(44)28-43(37-25-31(3)15-20-32(37)4)48(46,47)36-23-18-30(2)19-24-36/h5,7-8,11-12,15-25,35,38H,6,9-10,13-14,26-28H2,1-4H3,(H,41,45)/t38-/m1/s1. The molecule has 0 saturated heterocycles. The molecule has 1 N–H and O–H groups in total. The molecule has 0 radical (unpaired) electrons. The minimum absolute atomic E-state index is 0.0502. The quantitative estimate of drug-likeness (QED) is 0.173. The Bertz CT molecular complexity index is 1800. The van der Waals surface area contributed by atoms with Crippen molar-refractivity contribution < 1.29 is 18.0 Å². The maximum absolute atomic E-state index is 14.8. The summed E-state index contributed by atoms with van der Waals surface area (Å²) in [4.78, 5) is 30.8. The number of nitrogens with zero attached hydrogens (tertiary/aromatic N) is 2. The van der Waals surface area contributed by atoms with Crippen molar-refractivity contribution in [3.63, 3.8) is 0 Å². The topological polar surface area (TPSA) is 86.8 Å². The van der Waals surface area contributed by atoms with Gasteiger partial charge in [-0.3, -0.25) is 13.9 Å². The number of carbonyl (C=O) groups is 2. The number of rotatable bonds is 12. The van der Waals surface area contributed by atoms with Gasteiger partial charge in [0.1, 0.15) is 12.6 Å². The molecule has 0 aliphatic heterocycles. The molecule has 8 heteroatoms. The first-order chi connectivity index (χ1) is 23.0. The first-order valence-electron chi connectivity index (χ1n) is 16.9. The number of sulfonamides is 1. The van der Waals surface area contributed by atoms with Gasteiger partial charge in [-0.25, -0.2) is 8.42 Å². The molecule has 5 rings (SSSR count). The highest BCUT2D eigenvalue weighted by atomic mass is 32.2. The lowest BCUT2D eigenvalue weighted by molar-refractivity contribution is -0.140. The lowest BCUT2D eigenvalue weighted by atomic mass is 9.94. The van der Waals surface area contributed by atoms with Crippen LogP contribution in [0, 0.1) is 27.7 Å². The molecule has 0 aromatic heterocycles. The molecule has 0 bridgehead atoms. The van der Waals surface area contributed by atoms with Gasteiger partial charge in [0.2, 0.25) is 11.8 Å². The fraction of sp³-hybridized carbons (Fsp3) is 0.350. The molecule has 4 aromatic carbocycles. The summed E-state index contributed by atoms with van der Waals surface area (Å²) in [5, 5.41) is 3.27. The van der Waals surface area contributed by atoms with Crippen LogP contribution in [-0.4, -0.2) is 43.8 Å². The number of hydrogen-bond donors (Lipinski definition) is 1. The maximum atomic E-state index is 14.8. The zero-order valence-corrected chi connectivity index (χ0v) is 29.3. The average Bonchev–Trinajstić information content (AvgIpc) is 3.08. The van der Waals surface area contributed by atoms with E-state index in [-0.39, 0.29) is 23.4 Å². The van der Waals surface area contributed by atoms with Crippen LogP contribution in [0.4, 0.5) is 5.69 Å². The molecule has 1 fully saturated rings. The van der Waals surface area contributed by atoms with E-state index in [1.807, 2.05) is 94.4 Å². The van der Waals surface area contributed by atoms with E-state index in [9.17, 15) is 18.0 Å². The van der Waals surface area contributed by atoms with Gasteiger partial charge in [0.25, 0.3) is 10.0 Å². The number of nitrogens with one attached hydrogen (secondary N) is 1. The van der Waals surface area contributed by atoms with Gasteiger partial charge in [-0.15, -0.1) is 0 Å². The molecular weight excluding hydrogens is 619 g/mol. The highest BCUT2D eigenvalue weighted by Crippen LogP contribution is 2.29. The van der Waals surface area contributed by atoms with E-state index in [4.69, 9.17) is 0 Å². The van der Waals surface area contributed by atoms with Crippen LogP contribution in [-0.2, 0) is 32.6 Å². The molecular formula is C40H47N3O4S. The van der Waals surface area contributed by atoms with Crippen molar-refractivity contribution >= 4 is 27.5 Å². The summed E-state index contributed by atoms with van der Waals surface area (Å²) in [7, 11) is -4.16. The van der Waals surface area contributed by atoms with Gasteiger partial charge in [-0.05, 0) is 81.0 Å². The van der Waals surface area contributed by atoms with Crippen LogP contribution in [0.1, 0.15) is 65.5 Å². The monoisotopic (exact) mass is 665 g/mol. The van der Waals surface area contributed by atoms with Gasteiger partial charge in [-0.2, -0.15) is 0 Å². The summed E-state index contributed by atoms with van der Waals surface area (Å²) >= 11 is 0. The van der Waals surface area contributed by atoms with Crippen molar-refractivity contribution in [2.75, 3.05) is 10.8 Å². The first kappa shape index (κ1) is 34.9. The van der Waals surface area contributed by atoms with Crippen LogP contribution in [0.3, 0.4) is 0 Å². The first-order valence-corrected chi connectivity index (χ1v) is 18.3. The fourth-order valence-corrected chi connectivity index (χ4v) is 7.80. The highest BCUT2D eigenvalue weighted by molar-refractivity contribution is 7.92. The number of benzene rings is 4. The van der Waals surface area contributed by atoms with Crippen LogP contribution >= 0.6 is 0 Å². The van der Waals surface area contributed by atoms with Gasteiger partial charge in [0.05, 0.1) is 10.6 Å². The Hall–Kier alpha value is -4.43. The fourth-order valence-electron chi connectivity index (χ4n) is 6.33. The lowest BCUT2D eigenvalue weighted by Gasteiger charge is -2.35. The van der Waals surface area contributed by atoms with Gasteiger partial charge in [0, 0.05) is 19.0 Å². The highest BCUT2D eigenvalue weighted by Gasteiger charge is 2.36. The van der Waals surface area contributed by atoms with E-state index in [1.54, 1.807) is 35.2 Å². The number of amides is 2. The van der Waals surface area contributed by atoms with Crippen molar-refractivity contribution in [2.45, 2.75) is 89.7 Å².